The summed E-state index contributed by atoms with van der Waals surface area (Å²) in [7, 11) is 0. The van der Waals surface area contributed by atoms with Gasteiger partial charge in [0.15, 0.2) is 34.9 Å². The largest absolute Gasteiger partial charge is 0.309 e. The summed E-state index contributed by atoms with van der Waals surface area (Å²) >= 11 is 0. The fourth-order valence-corrected chi connectivity index (χ4v) is 6.99. The summed E-state index contributed by atoms with van der Waals surface area (Å²) in [5.41, 5.74) is 1.20. The van der Waals surface area contributed by atoms with Crippen molar-refractivity contribution in [2.45, 2.75) is 0 Å². The Kier molecular flexibility index (Phi) is 5.18. The third-order valence-electron chi connectivity index (χ3n) is 9.68. The SMILES string of the molecule is [2H]c1c([2H])c([2H])c(-c2nc(-c3ccc(-n4c5ccccc5c5cc(-c6ccccc6)ccc54)c(-c4nc(-c5c([2H])c([2H])c([2H])c([2H])c5[2H])nc(-c5c([2H])c([2H])c([2H])c([2H])c5[2H])n4)c3)nc(-c3c([2H])c([2H])c([2H])c([2H])c3[2H])n2)c([2H])c1[2H]. The standard InChI is InChI=1S/C54H35N7/c1-6-18-36(19-7-1)41-30-32-47-44(34-41)43-28-16-17-29-46(43)61(47)48-33-31-42(53-57-49(37-20-8-2-9-21-37)55-50(58-53)38-22-10-3-11-23-38)35-45(48)54-59-51(39-24-12-4-13-25-39)56-52(60-54)40-26-14-5-15-27-40/h1-35H/i2D,3D,4D,5D,8D,9D,10D,11D,12D,13D,14D,15D,20D,21D,22D,23D,24D,25D,26D,27D. The van der Waals surface area contributed by atoms with Gasteiger partial charge in [0.1, 0.15) is 0 Å². The van der Waals surface area contributed by atoms with Crippen LogP contribution >= 0.6 is 0 Å². The van der Waals surface area contributed by atoms with Crippen molar-refractivity contribution < 1.29 is 27.4 Å². The average molecular weight is 802 g/mol. The van der Waals surface area contributed by atoms with Gasteiger partial charge in [0.25, 0.3) is 0 Å². The van der Waals surface area contributed by atoms with E-state index >= 15 is 0 Å². The molecular formula is C54H35N7. The molecule has 0 atom stereocenters. The molecule has 3 aromatic heterocycles. The van der Waals surface area contributed by atoms with Crippen LogP contribution < -0.4 is 0 Å². The summed E-state index contributed by atoms with van der Waals surface area (Å²) in [4.78, 5) is 27.7. The third-order valence-corrected chi connectivity index (χ3v) is 9.68. The molecule has 0 aliphatic carbocycles. The van der Waals surface area contributed by atoms with Crippen molar-refractivity contribution in [1.29, 1.82) is 0 Å². The molecule has 0 spiro atoms. The fraction of sp³-hybridized carbons (Fsp3) is 0. The molecule has 0 fully saturated rings. The predicted molar refractivity (Wildman–Crippen MR) is 246 cm³/mol. The normalized spacial score (nSPS) is 15.9. The zero-order valence-electron chi connectivity index (χ0n) is 51.3. The van der Waals surface area contributed by atoms with Gasteiger partial charge in [-0.3, -0.25) is 0 Å². The Morgan fingerprint density at radius 2 is 0.738 bits per heavy atom. The minimum absolute atomic E-state index is 0.000329. The van der Waals surface area contributed by atoms with Crippen LogP contribution in [-0.4, -0.2) is 34.5 Å². The van der Waals surface area contributed by atoms with E-state index in [9.17, 15) is 0 Å². The molecule has 3 heterocycles. The summed E-state index contributed by atoms with van der Waals surface area (Å²) in [6, 6.07) is 12.5. The molecule has 0 saturated carbocycles. The molecule has 286 valence electrons. The average Bonchev–Trinajstić information content (AvgIpc) is 4.00. The van der Waals surface area contributed by atoms with Crippen molar-refractivity contribution in [3.8, 4) is 85.1 Å². The van der Waals surface area contributed by atoms with Gasteiger partial charge in [-0.1, -0.05) is 175 Å². The van der Waals surface area contributed by atoms with Crippen molar-refractivity contribution in [2.75, 3.05) is 0 Å². The van der Waals surface area contributed by atoms with E-state index in [0.29, 0.717) is 11.0 Å². The maximum atomic E-state index is 9.01. The monoisotopic (exact) mass is 801 g/mol. The number of fused-ring (bicyclic) bond motifs is 3. The number of para-hydroxylation sites is 1. The first-order valence-electron chi connectivity index (χ1n) is 28.6. The van der Waals surface area contributed by atoms with Gasteiger partial charge in [0.05, 0.1) is 44.1 Å². The van der Waals surface area contributed by atoms with Crippen LogP contribution in [0.2, 0.25) is 0 Å². The lowest BCUT2D eigenvalue weighted by molar-refractivity contribution is 1.06. The lowest BCUT2D eigenvalue weighted by Crippen LogP contribution is -2.05. The molecule has 11 rings (SSSR count). The number of hydrogen-bond acceptors (Lipinski definition) is 6. The van der Waals surface area contributed by atoms with Crippen molar-refractivity contribution in [2.24, 2.45) is 0 Å². The van der Waals surface area contributed by atoms with Gasteiger partial charge in [0.2, 0.25) is 0 Å². The molecule has 0 saturated heterocycles. The summed E-state index contributed by atoms with van der Waals surface area (Å²) < 4.78 is 175. The molecule has 0 unspecified atom stereocenters. The summed E-state index contributed by atoms with van der Waals surface area (Å²) in [5.74, 6) is -3.00. The fourth-order valence-electron chi connectivity index (χ4n) is 6.99. The van der Waals surface area contributed by atoms with Crippen LogP contribution in [0.15, 0.2) is 212 Å². The minimum atomic E-state index is -0.764. The van der Waals surface area contributed by atoms with Gasteiger partial charge in [-0.25, -0.2) is 29.9 Å². The Hall–Kier alpha value is -8.42. The second kappa shape index (κ2) is 15.4. The van der Waals surface area contributed by atoms with E-state index in [1.807, 2.05) is 77.4 Å². The van der Waals surface area contributed by atoms with E-state index in [0.717, 1.165) is 21.9 Å². The Morgan fingerprint density at radius 1 is 0.311 bits per heavy atom. The van der Waals surface area contributed by atoms with E-state index in [4.69, 9.17) is 37.4 Å². The molecule has 7 heteroatoms. The molecular weight excluding hydrogens is 747 g/mol. The van der Waals surface area contributed by atoms with Gasteiger partial charge >= 0.3 is 0 Å². The Morgan fingerprint density at radius 3 is 1.26 bits per heavy atom. The minimum Gasteiger partial charge on any atom is -0.309 e. The Labute approximate surface area is 380 Å². The quantitative estimate of drug-likeness (QED) is 0.152. The first-order valence-corrected chi connectivity index (χ1v) is 18.6. The molecule has 0 aliphatic rings. The molecule has 0 aliphatic heterocycles. The van der Waals surface area contributed by atoms with Crippen LogP contribution in [0.4, 0.5) is 0 Å². The van der Waals surface area contributed by atoms with Crippen molar-refractivity contribution >= 4 is 21.8 Å². The molecule has 8 aromatic carbocycles. The van der Waals surface area contributed by atoms with E-state index in [2.05, 4.69) is 19.9 Å². The zero-order chi connectivity index (χ0) is 57.9. The van der Waals surface area contributed by atoms with Gasteiger partial charge in [-0.2, -0.15) is 0 Å². The number of nitrogens with zero attached hydrogens (tertiary/aromatic N) is 7. The summed E-state index contributed by atoms with van der Waals surface area (Å²) in [6.07, 6.45) is 0. The first-order chi connectivity index (χ1) is 38.5. The van der Waals surface area contributed by atoms with E-state index in [1.165, 1.54) is 12.1 Å². The first kappa shape index (κ1) is 20.5. The highest BCUT2D eigenvalue weighted by molar-refractivity contribution is 6.11. The molecule has 0 bridgehead atoms. The van der Waals surface area contributed by atoms with Crippen molar-refractivity contribution in [1.82, 2.24) is 34.5 Å². The lowest BCUT2D eigenvalue weighted by atomic mass is 10.0. The molecule has 7 nitrogen and oxygen atoms in total. The van der Waals surface area contributed by atoms with Crippen molar-refractivity contribution in [3.05, 3.63) is 212 Å². The number of benzene rings is 8. The number of aromatic nitrogens is 7. The maximum absolute atomic E-state index is 9.01. The summed E-state index contributed by atoms with van der Waals surface area (Å²) in [5, 5.41) is 1.56. The number of rotatable bonds is 8. The zero-order valence-corrected chi connectivity index (χ0v) is 31.3. The van der Waals surface area contributed by atoms with Gasteiger partial charge < -0.3 is 4.57 Å². The Bertz CT molecular complexity index is 4260. The van der Waals surface area contributed by atoms with Crippen LogP contribution in [0.3, 0.4) is 0 Å². The van der Waals surface area contributed by atoms with E-state index < -0.39 is 166 Å². The highest BCUT2D eigenvalue weighted by Gasteiger charge is 2.22. The molecule has 0 radical (unpaired) electrons. The van der Waals surface area contributed by atoms with Crippen molar-refractivity contribution in [3.63, 3.8) is 0 Å². The molecule has 11 aromatic rings. The Balaban J connectivity index is 1.29. The van der Waals surface area contributed by atoms with Crippen LogP contribution in [-0.2, 0) is 0 Å². The molecule has 0 N–H and O–H groups in total. The van der Waals surface area contributed by atoms with Crippen LogP contribution in [0, 0.1) is 0 Å². The lowest BCUT2D eigenvalue weighted by Gasteiger charge is -2.16. The van der Waals surface area contributed by atoms with Crippen LogP contribution in [0.25, 0.3) is 107 Å². The van der Waals surface area contributed by atoms with E-state index in [1.54, 1.807) is 6.07 Å². The topological polar surface area (TPSA) is 82.3 Å². The van der Waals surface area contributed by atoms with Gasteiger partial charge in [-0.05, 0) is 47.5 Å². The third kappa shape index (κ3) is 6.80. The van der Waals surface area contributed by atoms with Crippen LogP contribution in [0.5, 0.6) is 0 Å². The molecule has 0 amide bonds. The second-order valence-electron chi connectivity index (χ2n) is 13.3. The molecule has 61 heavy (non-hydrogen) atoms. The number of hydrogen-bond donors (Lipinski definition) is 0. The predicted octanol–water partition coefficient (Wildman–Crippen LogP) is 12.8. The second-order valence-corrected chi connectivity index (χ2v) is 13.3. The maximum Gasteiger partial charge on any atom is 0.166 e. The highest BCUT2D eigenvalue weighted by atomic mass is 15.1. The smallest absolute Gasteiger partial charge is 0.166 e. The van der Waals surface area contributed by atoms with E-state index in [-0.39, 0.29) is 28.5 Å². The van der Waals surface area contributed by atoms with Gasteiger partial charge in [-0.15, -0.1) is 0 Å². The highest BCUT2D eigenvalue weighted by Crippen LogP contribution is 2.39. The van der Waals surface area contributed by atoms with Crippen LogP contribution in [0.1, 0.15) is 27.4 Å². The van der Waals surface area contributed by atoms with Gasteiger partial charge in [0, 0.05) is 44.2 Å². The summed E-state index contributed by atoms with van der Waals surface area (Å²) in [6.45, 7) is 0.